The maximum Gasteiger partial charge on any atom is 0.159 e. The van der Waals surface area contributed by atoms with E-state index in [1.807, 2.05) is 0 Å². The fraction of sp³-hybridized carbons (Fsp3) is 0.250. The lowest BCUT2D eigenvalue weighted by Crippen LogP contribution is -1.89. The van der Waals surface area contributed by atoms with Gasteiger partial charge in [0.15, 0.2) is 11.6 Å². The summed E-state index contributed by atoms with van der Waals surface area (Å²) in [6.45, 7) is 0. The van der Waals surface area contributed by atoms with Crippen molar-refractivity contribution in [1.82, 2.24) is 4.98 Å². The number of hydrogen-bond donors (Lipinski definition) is 1. The predicted molar refractivity (Wildman–Crippen MR) is 63.9 cm³/mol. The van der Waals surface area contributed by atoms with E-state index in [4.69, 9.17) is 5.73 Å². The van der Waals surface area contributed by atoms with Gasteiger partial charge in [-0.2, -0.15) is 0 Å². The van der Waals surface area contributed by atoms with E-state index >= 15 is 0 Å². The number of halogens is 2. The lowest BCUT2D eigenvalue weighted by Gasteiger charge is -1.99. The molecule has 1 aliphatic rings. The molecule has 0 saturated heterocycles. The zero-order valence-corrected chi connectivity index (χ0v) is 9.73. The number of benzene rings is 1. The summed E-state index contributed by atoms with van der Waals surface area (Å²) in [4.78, 5) is 4.42. The van der Waals surface area contributed by atoms with Crippen LogP contribution in [-0.2, 0) is 0 Å². The van der Waals surface area contributed by atoms with Crippen LogP contribution in [0.4, 0.5) is 13.8 Å². The van der Waals surface area contributed by atoms with E-state index in [1.165, 1.54) is 17.4 Å². The molecule has 3 rings (SSSR count). The third kappa shape index (κ3) is 1.91. The van der Waals surface area contributed by atoms with Gasteiger partial charge in [0.25, 0.3) is 0 Å². The highest BCUT2D eigenvalue weighted by Crippen LogP contribution is 2.45. The Kier molecular flexibility index (Phi) is 2.36. The summed E-state index contributed by atoms with van der Waals surface area (Å²) in [6.07, 6.45) is 2.29. The Morgan fingerprint density at radius 1 is 1.24 bits per heavy atom. The fourth-order valence-corrected chi connectivity index (χ4v) is 2.73. The molecule has 2 aromatic rings. The Bertz CT molecular complexity index is 576. The molecule has 0 radical (unpaired) electrons. The van der Waals surface area contributed by atoms with Crippen LogP contribution in [0.5, 0.6) is 0 Å². The quantitative estimate of drug-likeness (QED) is 0.887. The smallest absolute Gasteiger partial charge is 0.159 e. The van der Waals surface area contributed by atoms with Gasteiger partial charge >= 0.3 is 0 Å². The van der Waals surface area contributed by atoms with Gasteiger partial charge in [0, 0.05) is 11.5 Å². The Morgan fingerprint density at radius 2 is 2.00 bits per heavy atom. The summed E-state index contributed by atoms with van der Waals surface area (Å²) >= 11 is 1.44. The minimum Gasteiger partial charge on any atom is -0.389 e. The average molecular weight is 252 g/mol. The van der Waals surface area contributed by atoms with Crippen molar-refractivity contribution >= 4 is 16.3 Å². The molecule has 1 aromatic carbocycles. The van der Waals surface area contributed by atoms with Gasteiger partial charge in [-0.15, -0.1) is 11.3 Å². The van der Waals surface area contributed by atoms with Crippen LogP contribution in [0.2, 0.25) is 0 Å². The predicted octanol–water partition coefficient (Wildman–Crippen LogP) is 3.55. The molecule has 2 nitrogen and oxygen atoms in total. The normalized spacial score (nSPS) is 15.2. The van der Waals surface area contributed by atoms with Gasteiger partial charge in [-0.1, -0.05) is 0 Å². The van der Waals surface area contributed by atoms with E-state index in [-0.39, 0.29) is 0 Å². The minimum atomic E-state index is -0.872. The molecule has 0 unspecified atom stereocenters. The maximum absolute atomic E-state index is 13.1. The molecule has 0 bridgehead atoms. The number of anilines is 1. The number of aromatic nitrogens is 1. The molecule has 0 aliphatic heterocycles. The SMILES string of the molecule is Nc1sc(C2CC2)nc1-c1ccc(F)c(F)c1. The van der Waals surface area contributed by atoms with Crippen molar-refractivity contribution in [2.75, 3.05) is 5.73 Å². The highest BCUT2D eigenvalue weighted by atomic mass is 32.1. The third-order valence-corrected chi connectivity index (χ3v) is 3.84. The van der Waals surface area contributed by atoms with Gasteiger partial charge in [-0.25, -0.2) is 13.8 Å². The summed E-state index contributed by atoms with van der Waals surface area (Å²) in [5.41, 5.74) is 6.96. The second-order valence-electron chi connectivity index (χ2n) is 4.17. The molecule has 1 saturated carbocycles. The number of rotatable bonds is 2. The summed E-state index contributed by atoms with van der Waals surface area (Å²) in [6, 6.07) is 3.73. The first-order valence-electron chi connectivity index (χ1n) is 5.37. The van der Waals surface area contributed by atoms with E-state index in [0.717, 1.165) is 30.0 Å². The zero-order valence-electron chi connectivity index (χ0n) is 8.91. The third-order valence-electron chi connectivity index (χ3n) is 2.79. The van der Waals surface area contributed by atoms with Crippen LogP contribution < -0.4 is 5.73 Å². The molecule has 0 atom stereocenters. The van der Waals surface area contributed by atoms with Crippen molar-refractivity contribution in [1.29, 1.82) is 0 Å². The van der Waals surface area contributed by atoms with Crippen LogP contribution in [-0.4, -0.2) is 4.98 Å². The summed E-state index contributed by atoms with van der Waals surface area (Å²) in [7, 11) is 0. The molecule has 17 heavy (non-hydrogen) atoms. The molecule has 1 fully saturated rings. The minimum absolute atomic E-state index is 0.515. The molecule has 1 aromatic heterocycles. The Morgan fingerprint density at radius 3 is 2.65 bits per heavy atom. The van der Waals surface area contributed by atoms with Crippen LogP contribution in [0.25, 0.3) is 11.3 Å². The number of thiazole rings is 1. The van der Waals surface area contributed by atoms with Crippen LogP contribution in [0, 0.1) is 11.6 Å². The summed E-state index contributed by atoms with van der Waals surface area (Å²) < 4.78 is 26.0. The lowest BCUT2D eigenvalue weighted by atomic mass is 10.1. The molecular formula is C12H10F2N2S. The zero-order chi connectivity index (χ0) is 12.0. The van der Waals surface area contributed by atoms with Crippen LogP contribution in [0.1, 0.15) is 23.8 Å². The van der Waals surface area contributed by atoms with Gasteiger partial charge in [-0.05, 0) is 31.0 Å². The average Bonchev–Trinajstić information content (AvgIpc) is 3.07. The molecule has 5 heteroatoms. The molecule has 0 amide bonds. The molecule has 1 heterocycles. The fourth-order valence-electron chi connectivity index (χ4n) is 1.70. The van der Waals surface area contributed by atoms with Crippen molar-refractivity contribution in [3.8, 4) is 11.3 Å². The highest BCUT2D eigenvalue weighted by Gasteiger charge is 2.28. The van der Waals surface area contributed by atoms with Crippen molar-refractivity contribution < 1.29 is 8.78 Å². The van der Waals surface area contributed by atoms with Crippen molar-refractivity contribution in [2.24, 2.45) is 0 Å². The van der Waals surface area contributed by atoms with Gasteiger partial charge < -0.3 is 5.73 Å². The van der Waals surface area contributed by atoms with E-state index in [0.29, 0.717) is 22.2 Å². The maximum atomic E-state index is 13.1. The molecule has 88 valence electrons. The van der Waals surface area contributed by atoms with Gasteiger partial charge in [0.2, 0.25) is 0 Å². The highest BCUT2D eigenvalue weighted by molar-refractivity contribution is 7.16. The van der Waals surface area contributed by atoms with E-state index < -0.39 is 11.6 Å². The number of nitrogens with two attached hydrogens (primary N) is 1. The van der Waals surface area contributed by atoms with Crippen LogP contribution in [0.15, 0.2) is 18.2 Å². The molecule has 0 spiro atoms. The summed E-state index contributed by atoms with van der Waals surface area (Å²) in [5, 5.41) is 1.57. The van der Waals surface area contributed by atoms with Crippen molar-refractivity contribution in [3.63, 3.8) is 0 Å². The van der Waals surface area contributed by atoms with Crippen molar-refractivity contribution in [2.45, 2.75) is 18.8 Å². The van der Waals surface area contributed by atoms with E-state index in [9.17, 15) is 8.78 Å². The first kappa shape index (κ1) is 10.7. The summed E-state index contributed by atoms with van der Waals surface area (Å²) in [5.74, 6) is -1.21. The van der Waals surface area contributed by atoms with Crippen LogP contribution in [0.3, 0.4) is 0 Å². The monoisotopic (exact) mass is 252 g/mol. The lowest BCUT2D eigenvalue weighted by molar-refractivity contribution is 0.509. The number of nitrogens with zero attached hydrogens (tertiary/aromatic N) is 1. The second kappa shape index (κ2) is 3.77. The molecule has 2 N–H and O–H groups in total. The first-order chi connectivity index (χ1) is 8.15. The van der Waals surface area contributed by atoms with Gasteiger partial charge in [-0.3, -0.25) is 0 Å². The Balaban J connectivity index is 2.04. The number of hydrogen-bond acceptors (Lipinski definition) is 3. The van der Waals surface area contributed by atoms with Crippen LogP contribution >= 0.6 is 11.3 Å². The molecular weight excluding hydrogens is 242 g/mol. The second-order valence-corrected chi connectivity index (χ2v) is 5.23. The Hall–Kier alpha value is -1.49. The van der Waals surface area contributed by atoms with Gasteiger partial charge in [0.1, 0.15) is 10.7 Å². The molecule has 1 aliphatic carbocycles. The van der Waals surface area contributed by atoms with Gasteiger partial charge in [0.05, 0.1) is 5.01 Å². The standard InChI is InChI=1S/C12H10F2N2S/c13-8-4-3-7(5-9(8)14)10-11(15)17-12(16-10)6-1-2-6/h3-6H,1-2,15H2. The van der Waals surface area contributed by atoms with E-state index in [2.05, 4.69) is 4.98 Å². The number of nitrogen functional groups attached to an aromatic ring is 1. The van der Waals surface area contributed by atoms with E-state index in [1.54, 1.807) is 0 Å². The largest absolute Gasteiger partial charge is 0.389 e. The topological polar surface area (TPSA) is 38.9 Å². The van der Waals surface area contributed by atoms with Crippen molar-refractivity contribution in [3.05, 3.63) is 34.8 Å². The first-order valence-corrected chi connectivity index (χ1v) is 6.18. The Labute approximate surface area is 101 Å².